The molecule has 4 rings (SSSR count). The van der Waals surface area contributed by atoms with Crippen molar-refractivity contribution in [1.82, 2.24) is 15.0 Å². The van der Waals surface area contributed by atoms with Crippen LogP contribution in [-0.2, 0) is 0 Å². The Morgan fingerprint density at radius 2 is 1.96 bits per heavy atom. The van der Waals surface area contributed by atoms with Crippen molar-refractivity contribution in [3.05, 3.63) is 66.7 Å². The highest BCUT2D eigenvalue weighted by molar-refractivity contribution is 5.80. The largest absolute Gasteiger partial charge is 0.505 e. The summed E-state index contributed by atoms with van der Waals surface area (Å²) in [6.07, 6.45) is 1.64. The summed E-state index contributed by atoms with van der Waals surface area (Å²) < 4.78 is 18.7. The molecule has 2 aromatic heterocycles. The normalized spacial score (nSPS) is 10.9. The molecular weight excluding hydrogens is 309 g/mol. The van der Waals surface area contributed by atoms with Crippen molar-refractivity contribution in [3.63, 3.8) is 0 Å². The standard InChI is InChI=1S/C18H12FN3O2/c19-13-6-5-12(9-17(13)23)24-18-3-1-2-14(22-18)11-4-7-15-16(8-11)21-10-20-15/h1-10,23H,(H,20,21). The SMILES string of the molecule is Oc1cc(Oc2cccc(-c3ccc4[nH]cnc4c3)n2)ccc1F. The van der Waals surface area contributed by atoms with Crippen molar-refractivity contribution >= 4 is 11.0 Å². The maximum atomic E-state index is 13.1. The summed E-state index contributed by atoms with van der Waals surface area (Å²) in [6.45, 7) is 0. The fourth-order valence-electron chi connectivity index (χ4n) is 2.40. The predicted molar refractivity (Wildman–Crippen MR) is 87.5 cm³/mol. The number of nitrogens with one attached hydrogen (secondary N) is 1. The number of pyridine rings is 1. The zero-order valence-electron chi connectivity index (χ0n) is 12.4. The number of phenols is 1. The highest BCUT2D eigenvalue weighted by Gasteiger charge is 2.07. The molecule has 118 valence electrons. The summed E-state index contributed by atoms with van der Waals surface area (Å²) in [6, 6.07) is 15.0. The molecule has 0 aliphatic rings. The van der Waals surface area contributed by atoms with Crippen LogP contribution in [-0.4, -0.2) is 20.1 Å². The Hall–Kier alpha value is -3.41. The summed E-state index contributed by atoms with van der Waals surface area (Å²) in [5, 5.41) is 9.41. The van der Waals surface area contributed by atoms with Crippen LogP contribution in [0.3, 0.4) is 0 Å². The van der Waals surface area contributed by atoms with Crippen LogP contribution in [0.2, 0.25) is 0 Å². The van der Waals surface area contributed by atoms with Crippen molar-refractivity contribution in [3.8, 4) is 28.6 Å². The van der Waals surface area contributed by atoms with Gasteiger partial charge in [0.05, 0.1) is 23.1 Å². The Bertz CT molecular complexity index is 1030. The topological polar surface area (TPSA) is 71.0 Å². The number of aromatic nitrogens is 3. The lowest BCUT2D eigenvalue weighted by molar-refractivity contribution is 0.418. The fourth-order valence-corrected chi connectivity index (χ4v) is 2.40. The lowest BCUT2D eigenvalue weighted by Gasteiger charge is -2.07. The van der Waals surface area contributed by atoms with E-state index in [2.05, 4.69) is 15.0 Å². The van der Waals surface area contributed by atoms with Gasteiger partial charge in [0, 0.05) is 17.7 Å². The van der Waals surface area contributed by atoms with Gasteiger partial charge in [-0.25, -0.2) is 14.4 Å². The van der Waals surface area contributed by atoms with Gasteiger partial charge >= 0.3 is 0 Å². The summed E-state index contributed by atoms with van der Waals surface area (Å²) >= 11 is 0. The van der Waals surface area contributed by atoms with Crippen LogP contribution in [0.15, 0.2) is 60.9 Å². The fraction of sp³-hybridized carbons (Fsp3) is 0. The van der Waals surface area contributed by atoms with Crippen molar-refractivity contribution < 1.29 is 14.2 Å². The second-order valence-corrected chi connectivity index (χ2v) is 5.21. The second kappa shape index (κ2) is 5.66. The molecule has 0 unspecified atom stereocenters. The molecule has 0 radical (unpaired) electrons. The van der Waals surface area contributed by atoms with Gasteiger partial charge in [0.15, 0.2) is 11.6 Å². The third-order valence-corrected chi connectivity index (χ3v) is 3.58. The quantitative estimate of drug-likeness (QED) is 0.591. The highest BCUT2D eigenvalue weighted by Crippen LogP contribution is 2.28. The molecule has 0 atom stereocenters. The number of phenolic OH excluding ortho intramolecular Hbond substituents is 1. The number of H-pyrrole nitrogens is 1. The summed E-state index contributed by atoms with van der Waals surface area (Å²) in [5.74, 6) is -0.508. The molecule has 0 aliphatic carbocycles. The van der Waals surface area contributed by atoms with Gasteiger partial charge in [-0.1, -0.05) is 12.1 Å². The number of fused-ring (bicyclic) bond motifs is 1. The average Bonchev–Trinajstić information content (AvgIpc) is 3.06. The first-order chi connectivity index (χ1) is 11.7. The van der Waals surface area contributed by atoms with E-state index < -0.39 is 11.6 Å². The molecule has 4 aromatic rings. The van der Waals surface area contributed by atoms with Gasteiger partial charge in [-0.3, -0.25) is 0 Å². The molecular formula is C18H12FN3O2. The second-order valence-electron chi connectivity index (χ2n) is 5.21. The zero-order valence-corrected chi connectivity index (χ0v) is 12.4. The molecule has 2 heterocycles. The molecule has 0 amide bonds. The number of imidazole rings is 1. The van der Waals surface area contributed by atoms with E-state index in [4.69, 9.17) is 4.74 Å². The van der Waals surface area contributed by atoms with Gasteiger partial charge in [0.1, 0.15) is 5.75 Å². The minimum Gasteiger partial charge on any atom is -0.505 e. The average molecular weight is 321 g/mol. The first-order valence-corrected chi connectivity index (χ1v) is 7.26. The van der Waals surface area contributed by atoms with Crippen LogP contribution in [0, 0.1) is 5.82 Å². The van der Waals surface area contributed by atoms with Gasteiger partial charge in [-0.15, -0.1) is 0 Å². The Kier molecular flexibility index (Phi) is 3.35. The van der Waals surface area contributed by atoms with Crippen LogP contribution in [0.4, 0.5) is 4.39 Å². The maximum absolute atomic E-state index is 13.1. The third-order valence-electron chi connectivity index (χ3n) is 3.58. The number of rotatable bonds is 3. The van der Waals surface area contributed by atoms with E-state index in [1.165, 1.54) is 12.1 Å². The summed E-state index contributed by atoms with van der Waals surface area (Å²) in [7, 11) is 0. The molecule has 0 saturated carbocycles. The van der Waals surface area contributed by atoms with Gasteiger partial charge in [-0.2, -0.15) is 0 Å². The van der Waals surface area contributed by atoms with Crippen LogP contribution >= 0.6 is 0 Å². The summed E-state index contributed by atoms with van der Waals surface area (Å²) in [5.41, 5.74) is 3.43. The number of halogens is 1. The minimum absolute atomic E-state index is 0.307. The molecule has 0 fully saturated rings. The van der Waals surface area contributed by atoms with Crippen molar-refractivity contribution in [1.29, 1.82) is 0 Å². The molecule has 2 N–H and O–H groups in total. The van der Waals surface area contributed by atoms with Crippen LogP contribution in [0.5, 0.6) is 17.4 Å². The number of aromatic hydroxyl groups is 1. The van der Waals surface area contributed by atoms with E-state index in [0.717, 1.165) is 28.4 Å². The Morgan fingerprint density at radius 3 is 2.83 bits per heavy atom. The van der Waals surface area contributed by atoms with E-state index in [1.807, 2.05) is 30.3 Å². The van der Waals surface area contributed by atoms with E-state index in [9.17, 15) is 9.50 Å². The number of aromatic amines is 1. The third kappa shape index (κ3) is 2.65. The van der Waals surface area contributed by atoms with E-state index in [0.29, 0.717) is 11.6 Å². The van der Waals surface area contributed by atoms with Gasteiger partial charge < -0.3 is 14.8 Å². The number of hydrogen-bond acceptors (Lipinski definition) is 4. The van der Waals surface area contributed by atoms with Crippen molar-refractivity contribution in [2.24, 2.45) is 0 Å². The van der Waals surface area contributed by atoms with Crippen LogP contribution in [0.25, 0.3) is 22.3 Å². The number of ether oxygens (including phenoxy) is 1. The minimum atomic E-state index is -0.698. The first kappa shape index (κ1) is 14.2. The number of hydrogen-bond donors (Lipinski definition) is 2. The molecule has 0 aliphatic heterocycles. The van der Waals surface area contributed by atoms with Crippen LogP contribution < -0.4 is 4.74 Å². The Labute approximate surface area is 136 Å². The zero-order chi connectivity index (χ0) is 16.5. The van der Waals surface area contributed by atoms with Crippen molar-refractivity contribution in [2.75, 3.05) is 0 Å². The molecule has 0 spiro atoms. The smallest absolute Gasteiger partial charge is 0.219 e. The van der Waals surface area contributed by atoms with Crippen LogP contribution in [0.1, 0.15) is 0 Å². The molecule has 2 aromatic carbocycles. The monoisotopic (exact) mass is 321 g/mol. The lowest BCUT2D eigenvalue weighted by atomic mass is 10.1. The van der Waals surface area contributed by atoms with E-state index in [-0.39, 0.29) is 0 Å². The van der Waals surface area contributed by atoms with Crippen molar-refractivity contribution in [2.45, 2.75) is 0 Å². The lowest BCUT2D eigenvalue weighted by Crippen LogP contribution is -1.91. The Morgan fingerprint density at radius 1 is 1.04 bits per heavy atom. The molecule has 5 nitrogen and oxygen atoms in total. The van der Waals surface area contributed by atoms with Gasteiger partial charge in [0.2, 0.25) is 5.88 Å². The van der Waals surface area contributed by atoms with Gasteiger partial charge in [-0.05, 0) is 30.3 Å². The molecule has 24 heavy (non-hydrogen) atoms. The summed E-state index contributed by atoms with van der Waals surface area (Å²) in [4.78, 5) is 11.7. The van der Waals surface area contributed by atoms with Gasteiger partial charge in [0.25, 0.3) is 0 Å². The van der Waals surface area contributed by atoms with E-state index in [1.54, 1.807) is 12.4 Å². The molecule has 0 saturated heterocycles. The predicted octanol–water partition coefficient (Wildman–Crippen LogP) is 4.26. The number of nitrogens with zero attached hydrogens (tertiary/aromatic N) is 2. The Balaban J connectivity index is 1.66. The maximum Gasteiger partial charge on any atom is 0.219 e. The molecule has 0 bridgehead atoms. The first-order valence-electron chi connectivity index (χ1n) is 7.26. The molecule has 6 heteroatoms. The highest BCUT2D eigenvalue weighted by atomic mass is 19.1. The van der Waals surface area contributed by atoms with E-state index >= 15 is 0 Å². The number of benzene rings is 2.